The zero-order valence-corrected chi connectivity index (χ0v) is 13.5. The molecule has 21 heavy (non-hydrogen) atoms. The predicted octanol–water partition coefficient (Wildman–Crippen LogP) is 4.10. The molecule has 0 aliphatic carbocycles. The van der Waals surface area contributed by atoms with Gasteiger partial charge in [0.25, 0.3) is 0 Å². The van der Waals surface area contributed by atoms with Gasteiger partial charge < -0.3 is 5.11 Å². The van der Waals surface area contributed by atoms with Crippen LogP contribution < -0.4 is 0 Å². The summed E-state index contributed by atoms with van der Waals surface area (Å²) in [6, 6.07) is 17.6. The smallest absolute Gasteiger partial charge is 0.305 e. The van der Waals surface area contributed by atoms with Crippen LogP contribution in [0.5, 0.6) is 0 Å². The molecule has 2 rings (SSSR count). The van der Waals surface area contributed by atoms with Gasteiger partial charge in [0.15, 0.2) is 0 Å². The summed E-state index contributed by atoms with van der Waals surface area (Å²) in [5.74, 6) is -0.789. The number of benzene rings is 2. The van der Waals surface area contributed by atoms with E-state index in [1.165, 1.54) is 0 Å². The van der Waals surface area contributed by atoms with E-state index in [2.05, 4.69) is 20.8 Å². The van der Waals surface area contributed by atoms with Crippen molar-refractivity contribution < 1.29 is 9.90 Å². The second-order valence-corrected chi connectivity index (χ2v) is 5.89. The van der Waals surface area contributed by atoms with Gasteiger partial charge in [-0.1, -0.05) is 64.5 Å². The molecular formula is C17H18BrNO2. The fourth-order valence-electron chi connectivity index (χ4n) is 2.37. The first-order valence-electron chi connectivity index (χ1n) is 6.78. The Morgan fingerprint density at radius 1 is 1.14 bits per heavy atom. The molecule has 0 spiro atoms. The number of carboxylic acid groups (broad SMARTS) is 1. The molecule has 0 amide bonds. The SMILES string of the molecule is CN(Cc1ccccc1Br)C(CC(=O)O)c1ccccc1. The van der Waals surface area contributed by atoms with Gasteiger partial charge >= 0.3 is 5.97 Å². The zero-order valence-electron chi connectivity index (χ0n) is 11.9. The van der Waals surface area contributed by atoms with Crippen LogP contribution in [-0.4, -0.2) is 23.0 Å². The van der Waals surface area contributed by atoms with Crippen molar-refractivity contribution in [1.82, 2.24) is 4.90 Å². The van der Waals surface area contributed by atoms with Gasteiger partial charge in [0.2, 0.25) is 0 Å². The first-order valence-corrected chi connectivity index (χ1v) is 7.57. The molecule has 0 radical (unpaired) electrons. The molecule has 110 valence electrons. The van der Waals surface area contributed by atoms with E-state index in [0.29, 0.717) is 6.54 Å². The van der Waals surface area contributed by atoms with E-state index in [4.69, 9.17) is 0 Å². The summed E-state index contributed by atoms with van der Waals surface area (Å²) in [5, 5.41) is 9.18. The van der Waals surface area contributed by atoms with E-state index in [9.17, 15) is 9.90 Å². The Balaban J connectivity index is 2.20. The zero-order chi connectivity index (χ0) is 15.2. The summed E-state index contributed by atoms with van der Waals surface area (Å²) < 4.78 is 1.04. The summed E-state index contributed by atoms with van der Waals surface area (Å²) >= 11 is 3.54. The number of halogens is 1. The lowest BCUT2D eigenvalue weighted by Crippen LogP contribution is -2.26. The summed E-state index contributed by atoms with van der Waals surface area (Å²) in [6.07, 6.45) is 0.0883. The quantitative estimate of drug-likeness (QED) is 0.855. The number of rotatable bonds is 6. The van der Waals surface area contributed by atoms with Crippen LogP contribution in [0.15, 0.2) is 59.1 Å². The van der Waals surface area contributed by atoms with Crippen LogP contribution in [0.2, 0.25) is 0 Å². The van der Waals surface area contributed by atoms with Crippen LogP contribution in [0.1, 0.15) is 23.6 Å². The van der Waals surface area contributed by atoms with E-state index in [-0.39, 0.29) is 12.5 Å². The van der Waals surface area contributed by atoms with Gasteiger partial charge in [0, 0.05) is 17.1 Å². The number of aliphatic carboxylic acids is 1. The Bertz CT molecular complexity index is 601. The topological polar surface area (TPSA) is 40.5 Å². The van der Waals surface area contributed by atoms with E-state index in [1.807, 2.05) is 61.6 Å². The minimum absolute atomic E-state index is 0.0883. The fraction of sp³-hybridized carbons (Fsp3) is 0.235. The van der Waals surface area contributed by atoms with Gasteiger partial charge in [0.1, 0.15) is 0 Å². The van der Waals surface area contributed by atoms with Crippen molar-refractivity contribution in [2.24, 2.45) is 0 Å². The lowest BCUT2D eigenvalue weighted by Gasteiger charge is -2.27. The van der Waals surface area contributed by atoms with Crippen LogP contribution in [0.25, 0.3) is 0 Å². The second kappa shape index (κ2) is 7.38. The molecule has 4 heteroatoms. The maximum absolute atomic E-state index is 11.2. The Morgan fingerprint density at radius 2 is 1.76 bits per heavy atom. The maximum atomic E-state index is 11.2. The van der Waals surface area contributed by atoms with Gasteiger partial charge in [-0.3, -0.25) is 9.69 Å². The standard InChI is InChI=1S/C17H18BrNO2/c1-19(12-14-9-5-6-10-15(14)18)16(11-17(20)21)13-7-3-2-4-8-13/h2-10,16H,11-12H2,1H3,(H,20,21). The lowest BCUT2D eigenvalue weighted by atomic mass is 10.0. The van der Waals surface area contributed by atoms with Crippen LogP contribution in [0.4, 0.5) is 0 Å². The van der Waals surface area contributed by atoms with Crippen LogP contribution in [0, 0.1) is 0 Å². The third-order valence-corrected chi connectivity index (χ3v) is 4.24. The van der Waals surface area contributed by atoms with Gasteiger partial charge in [0.05, 0.1) is 6.42 Å². The number of hydrogen-bond acceptors (Lipinski definition) is 2. The molecule has 0 bridgehead atoms. The monoisotopic (exact) mass is 347 g/mol. The minimum Gasteiger partial charge on any atom is -0.481 e. The predicted molar refractivity (Wildman–Crippen MR) is 87.0 cm³/mol. The van der Waals surface area contributed by atoms with E-state index in [1.54, 1.807) is 0 Å². The third-order valence-electron chi connectivity index (χ3n) is 3.46. The van der Waals surface area contributed by atoms with Crippen LogP contribution in [-0.2, 0) is 11.3 Å². The van der Waals surface area contributed by atoms with Gasteiger partial charge in [-0.05, 0) is 24.2 Å². The molecule has 0 aromatic heterocycles. The molecule has 0 saturated carbocycles. The molecule has 1 N–H and O–H groups in total. The van der Waals surface area contributed by atoms with Gasteiger partial charge in [-0.15, -0.1) is 0 Å². The average molecular weight is 348 g/mol. The highest BCUT2D eigenvalue weighted by Gasteiger charge is 2.20. The molecule has 2 aromatic rings. The Morgan fingerprint density at radius 3 is 2.38 bits per heavy atom. The van der Waals surface area contributed by atoms with Crippen molar-refractivity contribution in [2.45, 2.75) is 19.0 Å². The first-order chi connectivity index (χ1) is 10.1. The Hall–Kier alpha value is -1.65. The van der Waals surface area contributed by atoms with Crippen molar-refractivity contribution >= 4 is 21.9 Å². The summed E-state index contributed by atoms with van der Waals surface area (Å²) in [7, 11) is 1.96. The van der Waals surface area contributed by atoms with Crippen molar-refractivity contribution in [2.75, 3.05) is 7.05 Å². The van der Waals surface area contributed by atoms with Gasteiger partial charge in [-0.25, -0.2) is 0 Å². The molecule has 1 atom stereocenters. The fourth-order valence-corrected chi connectivity index (χ4v) is 2.78. The number of carboxylic acids is 1. The van der Waals surface area contributed by atoms with E-state index in [0.717, 1.165) is 15.6 Å². The highest BCUT2D eigenvalue weighted by molar-refractivity contribution is 9.10. The number of nitrogens with zero attached hydrogens (tertiary/aromatic N) is 1. The van der Waals surface area contributed by atoms with E-state index >= 15 is 0 Å². The summed E-state index contributed by atoms with van der Waals surface area (Å²) in [5.41, 5.74) is 2.17. The van der Waals surface area contributed by atoms with Crippen molar-refractivity contribution in [3.05, 3.63) is 70.2 Å². The highest BCUT2D eigenvalue weighted by Crippen LogP contribution is 2.26. The third kappa shape index (κ3) is 4.41. The first kappa shape index (κ1) is 15.7. The minimum atomic E-state index is -0.789. The highest BCUT2D eigenvalue weighted by atomic mass is 79.9. The lowest BCUT2D eigenvalue weighted by molar-refractivity contribution is -0.138. The Labute approximate surface area is 133 Å². The molecule has 2 aromatic carbocycles. The largest absolute Gasteiger partial charge is 0.481 e. The average Bonchev–Trinajstić information content (AvgIpc) is 2.48. The second-order valence-electron chi connectivity index (χ2n) is 5.03. The molecule has 0 heterocycles. The summed E-state index contributed by atoms with van der Waals surface area (Å²) in [6.45, 7) is 0.689. The molecule has 0 fully saturated rings. The van der Waals surface area contributed by atoms with Crippen molar-refractivity contribution in [1.29, 1.82) is 0 Å². The summed E-state index contributed by atoms with van der Waals surface area (Å²) in [4.78, 5) is 13.2. The molecule has 0 saturated heterocycles. The Kier molecular flexibility index (Phi) is 5.53. The molecule has 1 unspecified atom stereocenters. The van der Waals surface area contributed by atoms with Gasteiger partial charge in [-0.2, -0.15) is 0 Å². The molecular weight excluding hydrogens is 330 g/mol. The number of hydrogen-bond donors (Lipinski definition) is 1. The normalized spacial score (nSPS) is 12.3. The van der Waals surface area contributed by atoms with Crippen molar-refractivity contribution in [3.63, 3.8) is 0 Å². The maximum Gasteiger partial charge on any atom is 0.305 e. The van der Waals surface area contributed by atoms with E-state index < -0.39 is 5.97 Å². The molecule has 0 aliphatic heterocycles. The number of carbonyl (C=O) groups is 1. The van der Waals surface area contributed by atoms with Crippen molar-refractivity contribution in [3.8, 4) is 0 Å². The molecule has 3 nitrogen and oxygen atoms in total. The van der Waals surface area contributed by atoms with Crippen LogP contribution in [0.3, 0.4) is 0 Å². The van der Waals surface area contributed by atoms with Crippen LogP contribution >= 0.6 is 15.9 Å². The molecule has 0 aliphatic rings.